The maximum absolute atomic E-state index is 12.5. The third kappa shape index (κ3) is 3.02. The van der Waals surface area contributed by atoms with Crippen molar-refractivity contribution in [1.29, 1.82) is 0 Å². The van der Waals surface area contributed by atoms with Gasteiger partial charge in [-0.05, 0) is 50.2 Å². The molecule has 2 aliphatic carbocycles. The Bertz CT molecular complexity index is 686. The smallest absolute Gasteiger partial charge is 0.329 e. The molecule has 1 aromatic rings. The first-order chi connectivity index (χ1) is 11.0. The van der Waals surface area contributed by atoms with Gasteiger partial charge in [0.25, 0.3) is 11.5 Å². The number of nitrogens with one attached hydrogen (secondary N) is 2. The summed E-state index contributed by atoms with van der Waals surface area (Å²) in [6.45, 7) is 0. The zero-order valence-corrected chi connectivity index (χ0v) is 13.1. The number of carbonyl (C=O) groups excluding carboxylic acids is 1. The number of aryl methyl sites for hydroxylation is 2. The van der Waals surface area contributed by atoms with Gasteiger partial charge in [0.2, 0.25) is 0 Å². The van der Waals surface area contributed by atoms with Crippen LogP contribution in [0.15, 0.2) is 10.9 Å². The second kappa shape index (κ2) is 6.18. The molecular weight excluding hydrogens is 296 g/mol. The summed E-state index contributed by atoms with van der Waals surface area (Å²) < 4.78 is 0. The van der Waals surface area contributed by atoms with Crippen LogP contribution in [-0.4, -0.2) is 27.5 Å². The molecule has 6 heteroatoms. The van der Waals surface area contributed by atoms with E-state index >= 15 is 0 Å². The van der Waals surface area contributed by atoms with Gasteiger partial charge in [-0.3, -0.25) is 9.59 Å². The Labute approximate surface area is 134 Å². The molecule has 0 aliphatic heterocycles. The molecule has 2 aliphatic rings. The van der Waals surface area contributed by atoms with Gasteiger partial charge in [-0.15, -0.1) is 0 Å². The highest BCUT2D eigenvalue weighted by Crippen LogP contribution is 2.29. The van der Waals surface area contributed by atoms with Gasteiger partial charge in [0.05, 0.1) is 0 Å². The summed E-state index contributed by atoms with van der Waals surface area (Å²) >= 11 is 0. The number of carboxylic acid groups (broad SMARTS) is 1. The number of rotatable bonds is 3. The highest BCUT2D eigenvalue weighted by Gasteiger charge is 2.41. The monoisotopic (exact) mass is 318 g/mol. The number of aromatic nitrogens is 1. The maximum atomic E-state index is 12.5. The van der Waals surface area contributed by atoms with E-state index in [1.807, 2.05) is 0 Å². The number of carboxylic acids is 1. The predicted molar refractivity (Wildman–Crippen MR) is 84.6 cm³/mol. The molecule has 0 bridgehead atoms. The number of pyridine rings is 1. The van der Waals surface area contributed by atoms with Crippen molar-refractivity contribution in [3.05, 3.63) is 33.2 Å². The van der Waals surface area contributed by atoms with Gasteiger partial charge < -0.3 is 15.4 Å². The molecule has 0 saturated heterocycles. The van der Waals surface area contributed by atoms with E-state index in [1.54, 1.807) is 6.07 Å². The number of hydrogen-bond donors (Lipinski definition) is 3. The number of aliphatic carboxylic acids is 1. The van der Waals surface area contributed by atoms with Crippen LogP contribution in [0.2, 0.25) is 0 Å². The molecule has 1 saturated carbocycles. The lowest BCUT2D eigenvalue weighted by atomic mass is 9.81. The van der Waals surface area contributed by atoms with Gasteiger partial charge in [0.15, 0.2) is 0 Å². The number of aromatic amines is 1. The Morgan fingerprint density at radius 2 is 1.78 bits per heavy atom. The van der Waals surface area contributed by atoms with Crippen molar-refractivity contribution < 1.29 is 14.7 Å². The summed E-state index contributed by atoms with van der Waals surface area (Å²) in [4.78, 5) is 39.2. The van der Waals surface area contributed by atoms with E-state index < -0.39 is 23.0 Å². The number of H-pyrrole nitrogens is 1. The van der Waals surface area contributed by atoms with Gasteiger partial charge in [0.1, 0.15) is 11.1 Å². The van der Waals surface area contributed by atoms with E-state index in [9.17, 15) is 19.5 Å². The Morgan fingerprint density at radius 1 is 1.09 bits per heavy atom. The molecule has 0 aromatic carbocycles. The molecule has 23 heavy (non-hydrogen) atoms. The quantitative estimate of drug-likeness (QED) is 0.791. The fourth-order valence-corrected chi connectivity index (χ4v) is 3.68. The molecule has 0 spiro atoms. The van der Waals surface area contributed by atoms with Crippen molar-refractivity contribution in [2.75, 3.05) is 0 Å². The number of carbonyl (C=O) groups is 2. The zero-order valence-electron chi connectivity index (χ0n) is 13.1. The minimum Gasteiger partial charge on any atom is -0.480 e. The normalized spacial score (nSPS) is 19.7. The number of hydrogen-bond acceptors (Lipinski definition) is 3. The lowest BCUT2D eigenvalue weighted by Gasteiger charge is -2.33. The minimum atomic E-state index is -1.24. The van der Waals surface area contributed by atoms with Crippen molar-refractivity contribution >= 4 is 11.9 Å². The fourth-order valence-electron chi connectivity index (χ4n) is 3.68. The third-order valence-electron chi connectivity index (χ3n) is 5.05. The van der Waals surface area contributed by atoms with Crippen LogP contribution in [0.4, 0.5) is 0 Å². The van der Waals surface area contributed by atoms with E-state index in [4.69, 9.17) is 0 Å². The molecule has 0 unspecified atom stereocenters. The van der Waals surface area contributed by atoms with E-state index in [0.717, 1.165) is 56.2 Å². The predicted octanol–water partition coefficient (Wildman–Crippen LogP) is 1.77. The standard InChI is InChI=1S/C17H22N2O4/c20-14-12(10-11-6-2-3-7-13(11)18-14)15(21)19-17(16(22)23)8-4-1-5-9-17/h10H,1-9H2,(H,18,20)(H,19,21)(H,22,23). The van der Waals surface area contributed by atoms with E-state index in [-0.39, 0.29) is 5.56 Å². The molecule has 124 valence electrons. The largest absolute Gasteiger partial charge is 0.480 e. The topological polar surface area (TPSA) is 99.3 Å². The first-order valence-electron chi connectivity index (χ1n) is 8.33. The van der Waals surface area contributed by atoms with Crippen molar-refractivity contribution in [3.8, 4) is 0 Å². The fraction of sp³-hybridized carbons (Fsp3) is 0.588. The molecule has 1 heterocycles. The van der Waals surface area contributed by atoms with Crippen LogP contribution < -0.4 is 10.9 Å². The van der Waals surface area contributed by atoms with Crippen LogP contribution in [0.3, 0.4) is 0 Å². The summed E-state index contributed by atoms with van der Waals surface area (Å²) in [6, 6.07) is 1.64. The van der Waals surface area contributed by atoms with Crippen LogP contribution in [0.5, 0.6) is 0 Å². The van der Waals surface area contributed by atoms with Crippen LogP contribution in [0.25, 0.3) is 0 Å². The lowest BCUT2D eigenvalue weighted by Crippen LogP contribution is -2.56. The average Bonchev–Trinajstić information content (AvgIpc) is 2.54. The molecule has 1 aromatic heterocycles. The first kappa shape index (κ1) is 15.8. The van der Waals surface area contributed by atoms with Crippen LogP contribution in [0.1, 0.15) is 66.6 Å². The first-order valence-corrected chi connectivity index (χ1v) is 8.33. The van der Waals surface area contributed by atoms with Crippen molar-refractivity contribution in [2.45, 2.75) is 63.3 Å². The summed E-state index contributed by atoms with van der Waals surface area (Å²) in [6.07, 6.45) is 7.09. The summed E-state index contributed by atoms with van der Waals surface area (Å²) in [5, 5.41) is 12.2. The average molecular weight is 318 g/mol. The molecule has 6 nitrogen and oxygen atoms in total. The molecule has 1 amide bonds. The Hall–Kier alpha value is -2.11. The van der Waals surface area contributed by atoms with Crippen molar-refractivity contribution in [2.24, 2.45) is 0 Å². The number of fused-ring (bicyclic) bond motifs is 1. The Morgan fingerprint density at radius 3 is 2.48 bits per heavy atom. The van der Waals surface area contributed by atoms with Gasteiger partial charge in [0, 0.05) is 5.69 Å². The second-order valence-corrected chi connectivity index (χ2v) is 6.63. The highest BCUT2D eigenvalue weighted by molar-refractivity contribution is 5.97. The summed E-state index contributed by atoms with van der Waals surface area (Å²) in [5.41, 5.74) is 0.256. The van der Waals surface area contributed by atoms with Crippen molar-refractivity contribution in [3.63, 3.8) is 0 Å². The van der Waals surface area contributed by atoms with Gasteiger partial charge in [-0.2, -0.15) is 0 Å². The van der Waals surface area contributed by atoms with Crippen LogP contribution >= 0.6 is 0 Å². The van der Waals surface area contributed by atoms with E-state index in [1.165, 1.54) is 0 Å². The van der Waals surface area contributed by atoms with Gasteiger partial charge in [-0.25, -0.2) is 4.79 Å². The number of amides is 1. The van der Waals surface area contributed by atoms with E-state index in [2.05, 4.69) is 10.3 Å². The lowest BCUT2D eigenvalue weighted by molar-refractivity contribution is -0.145. The molecule has 1 fully saturated rings. The molecule has 0 radical (unpaired) electrons. The second-order valence-electron chi connectivity index (χ2n) is 6.63. The molecule has 3 rings (SSSR count). The SMILES string of the molecule is O=C(NC1(C(=O)O)CCCCC1)c1cc2c([nH]c1=O)CCCC2. The Balaban J connectivity index is 1.88. The van der Waals surface area contributed by atoms with Crippen LogP contribution in [0, 0.1) is 0 Å². The van der Waals surface area contributed by atoms with E-state index in [0.29, 0.717) is 12.8 Å². The summed E-state index contributed by atoms with van der Waals surface area (Å²) in [7, 11) is 0. The third-order valence-corrected chi connectivity index (χ3v) is 5.05. The van der Waals surface area contributed by atoms with Gasteiger partial charge in [-0.1, -0.05) is 19.3 Å². The zero-order chi connectivity index (χ0) is 16.4. The van der Waals surface area contributed by atoms with Crippen LogP contribution in [-0.2, 0) is 17.6 Å². The maximum Gasteiger partial charge on any atom is 0.329 e. The van der Waals surface area contributed by atoms with Gasteiger partial charge >= 0.3 is 5.97 Å². The Kier molecular flexibility index (Phi) is 4.24. The highest BCUT2D eigenvalue weighted by atomic mass is 16.4. The minimum absolute atomic E-state index is 0.0249. The van der Waals surface area contributed by atoms with Crippen molar-refractivity contribution in [1.82, 2.24) is 10.3 Å². The molecule has 3 N–H and O–H groups in total. The molecule has 0 atom stereocenters. The summed E-state index contributed by atoms with van der Waals surface area (Å²) in [5.74, 6) is -1.59. The molecular formula is C17H22N2O4.